The number of aliphatic hydroxyl groups excluding tert-OH is 1. The van der Waals surface area contributed by atoms with E-state index >= 15 is 0 Å². The highest BCUT2D eigenvalue weighted by Crippen LogP contribution is 2.11. The number of likely N-dealkylation sites (N-methyl/N-ethyl adjacent to an activating group) is 1. The summed E-state index contributed by atoms with van der Waals surface area (Å²) >= 11 is 0. The van der Waals surface area contributed by atoms with Crippen LogP contribution in [0.3, 0.4) is 0 Å². The van der Waals surface area contributed by atoms with E-state index in [-0.39, 0.29) is 12.0 Å². The van der Waals surface area contributed by atoms with Gasteiger partial charge in [0.05, 0.1) is 6.10 Å². The molecule has 0 aromatic heterocycles. The number of amides is 1. The van der Waals surface area contributed by atoms with E-state index in [1.54, 1.807) is 20.2 Å². The van der Waals surface area contributed by atoms with Gasteiger partial charge in [-0.05, 0) is 6.42 Å². The van der Waals surface area contributed by atoms with Crippen molar-refractivity contribution in [2.45, 2.75) is 18.9 Å². The van der Waals surface area contributed by atoms with Gasteiger partial charge in [-0.1, -0.05) is 0 Å². The van der Waals surface area contributed by atoms with Gasteiger partial charge >= 0.3 is 0 Å². The molecule has 1 heterocycles. The molecule has 0 aromatic carbocycles. The van der Waals surface area contributed by atoms with Gasteiger partial charge in [-0.3, -0.25) is 4.79 Å². The normalized spacial score (nSPS) is 25.5. The van der Waals surface area contributed by atoms with Crippen LogP contribution < -0.4 is 5.32 Å². The van der Waals surface area contributed by atoms with E-state index in [0.29, 0.717) is 6.42 Å². The van der Waals surface area contributed by atoms with Gasteiger partial charge in [0, 0.05) is 38.8 Å². The maximum Gasteiger partial charge on any atom is 0.247 e. The number of hydrogen-bond donors (Lipinski definition) is 2. The Kier molecular flexibility index (Phi) is 3.31. The summed E-state index contributed by atoms with van der Waals surface area (Å²) in [6, 6.07) is 0. The van der Waals surface area contributed by atoms with Gasteiger partial charge in [0.1, 0.15) is 0 Å². The second-order valence-electron chi connectivity index (χ2n) is 3.48. The number of hydrogen-bond acceptors (Lipinski definition) is 3. The van der Waals surface area contributed by atoms with E-state index in [9.17, 15) is 9.90 Å². The Labute approximate surface area is 78.2 Å². The molecule has 0 aliphatic carbocycles. The van der Waals surface area contributed by atoms with Crippen LogP contribution in [0.2, 0.25) is 0 Å². The summed E-state index contributed by atoms with van der Waals surface area (Å²) in [4.78, 5) is 12.8. The van der Waals surface area contributed by atoms with Gasteiger partial charge in [0.2, 0.25) is 5.91 Å². The Morgan fingerprint density at radius 2 is 2.38 bits per heavy atom. The zero-order valence-electron chi connectivity index (χ0n) is 8.08. The largest absolute Gasteiger partial charge is 0.393 e. The molecule has 1 aliphatic heterocycles. The minimum absolute atomic E-state index is 0.0448. The molecule has 1 amide bonds. The molecule has 0 saturated carbocycles. The molecule has 0 radical (unpaired) electrons. The first kappa shape index (κ1) is 10.1. The molecular weight excluding hydrogens is 168 g/mol. The number of aliphatic hydroxyl groups is 1. The lowest BCUT2D eigenvalue weighted by molar-refractivity contribution is -0.123. The van der Waals surface area contributed by atoms with E-state index in [0.717, 1.165) is 18.7 Å². The van der Waals surface area contributed by atoms with Crippen LogP contribution in [0.4, 0.5) is 0 Å². The Morgan fingerprint density at radius 3 is 2.92 bits per heavy atom. The molecule has 0 aromatic rings. The van der Waals surface area contributed by atoms with E-state index in [1.807, 2.05) is 0 Å². The van der Waals surface area contributed by atoms with Crippen molar-refractivity contribution in [3.05, 3.63) is 11.8 Å². The SMILES string of the molecule is CN(C)C(=O)C=C1CC(O)CCN1. The number of nitrogens with zero attached hydrogens (tertiary/aromatic N) is 1. The lowest BCUT2D eigenvalue weighted by atomic mass is 10.1. The van der Waals surface area contributed by atoms with E-state index < -0.39 is 0 Å². The van der Waals surface area contributed by atoms with Crippen LogP contribution in [-0.2, 0) is 4.79 Å². The van der Waals surface area contributed by atoms with Crippen LogP contribution in [0.15, 0.2) is 11.8 Å². The third kappa shape index (κ3) is 3.06. The fourth-order valence-electron chi connectivity index (χ4n) is 1.22. The fraction of sp³-hybridized carbons (Fsp3) is 0.667. The van der Waals surface area contributed by atoms with E-state index in [1.165, 1.54) is 4.90 Å². The van der Waals surface area contributed by atoms with Crippen LogP contribution in [0, 0.1) is 0 Å². The van der Waals surface area contributed by atoms with Crippen molar-refractivity contribution in [3.8, 4) is 0 Å². The zero-order chi connectivity index (χ0) is 9.84. The second kappa shape index (κ2) is 4.28. The number of piperidine rings is 1. The highest BCUT2D eigenvalue weighted by molar-refractivity contribution is 5.87. The molecule has 0 bridgehead atoms. The lowest BCUT2D eigenvalue weighted by Crippen LogP contribution is -2.30. The summed E-state index contributed by atoms with van der Waals surface area (Å²) in [5.74, 6) is -0.0448. The minimum atomic E-state index is -0.303. The molecule has 1 atom stereocenters. The predicted octanol–water partition coefficient (Wildman–Crippen LogP) is -0.297. The summed E-state index contributed by atoms with van der Waals surface area (Å²) < 4.78 is 0. The maximum atomic E-state index is 11.2. The van der Waals surface area contributed by atoms with Gasteiger partial charge in [-0.2, -0.15) is 0 Å². The fourth-order valence-corrected chi connectivity index (χ4v) is 1.22. The van der Waals surface area contributed by atoms with Crippen molar-refractivity contribution in [3.63, 3.8) is 0 Å². The van der Waals surface area contributed by atoms with Crippen molar-refractivity contribution >= 4 is 5.91 Å². The average Bonchev–Trinajstić information content (AvgIpc) is 2.04. The van der Waals surface area contributed by atoms with Crippen molar-refractivity contribution in [2.24, 2.45) is 0 Å². The molecule has 4 nitrogen and oxygen atoms in total. The van der Waals surface area contributed by atoms with E-state index in [4.69, 9.17) is 0 Å². The molecule has 1 fully saturated rings. The molecule has 2 N–H and O–H groups in total. The molecular formula is C9H16N2O2. The third-order valence-electron chi connectivity index (χ3n) is 2.02. The molecule has 1 rings (SSSR count). The quantitative estimate of drug-likeness (QED) is 0.550. The Morgan fingerprint density at radius 1 is 1.69 bits per heavy atom. The molecule has 0 spiro atoms. The first-order valence-electron chi connectivity index (χ1n) is 4.43. The van der Waals surface area contributed by atoms with Crippen LogP contribution >= 0.6 is 0 Å². The second-order valence-corrected chi connectivity index (χ2v) is 3.48. The van der Waals surface area contributed by atoms with E-state index in [2.05, 4.69) is 5.32 Å². The maximum absolute atomic E-state index is 11.2. The zero-order valence-corrected chi connectivity index (χ0v) is 8.08. The van der Waals surface area contributed by atoms with Gasteiger partial charge in [-0.25, -0.2) is 0 Å². The topological polar surface area (TPSA) is 52.6 Å². The van der Waals surface area contributed by atoms with Gasteiger partial charge in [0.15, 0.2) is 0 Å². The standard InChI is InChI=1S/C9H16N2O2/c1-11(2)9(13)6-7-5-8(12)3-4-10-7/h6,8,10,12H,3-5H2,1-2H3. The van der Waals surface area contributed by atoms with Crippen LogP contribution in [0.1, 0.15) is 12.8 Å². The highest BCUT2D eigenvalue weighted by atomic mass is 16.3. The summed E-state index contributed by atoms with van der Waals surface area (Å²) in [5.41, 5.74) is 0.831. The van der Waals surface area contributed by atoms with Crippen molar-refractivity contribution in [2.75, 3.05) is 20.6 Å². The minimum Gasteiger partial charge on any atom is -0.393 e. The van der Waals surface area contributed by atoms with Gasteiger partial charge in [0.25, 0.3) is 0 Å². The molecule has 13 heavy (non-hydrogen) atoms. The van der Waals surface area contributed by atoms with Crippen molar-refractivity contribution < 1.29 is 9.90 Å². The summed E-state index contributed by atoms with van der Waals surface area (Å²) in [6.07, 6.45) is 2.55. The summed E-state index contributed by atoms with van der Waals surface area (Å²) in [7, 11) is 3.41. The smallest absolute Gasteiger partial charge is 0.247 e. The highest BCUT2D eigenvalue weighted by Gasteiger charge is 2.14. The number of rotatable bonds is 1. The molecule has 1 unspecified atom stereocenters. The average molecular weight is 184 g/mol. The predicted molar refractivity (Wildman–Crippen MR) is 50.0 cm³/mol. The first-order valence-corrected chi connectivity index (χ1v) is 4.43. The van der Waals surface area contributed by atoms with Gasteiger partial charge < -0.3 is 15.3 Å². The Hall–Kier alpha value is -1.03. The Balaban J connectivity index is 2.54. The number of carbonyl (C=O) groups is 1. The Bertz CT molecular complexity index is 224. The third-order valence-corrected chi connectivity index (χ3v) is 2.02. The van der Waals surface area contributed by atoms with Crippen LogP contribution in [0.25, 0.3) is 0 Å². The van der Waals surface area contributed by atoms with Crippen LogP contribution in [0.5, 0.6) is 0 Å². The monoisotopic (exact) mass is 184 g/mol. The molecule has 74 valence electrons. The first-order chi connectivity index (χ1) is 6.09. The molecule has 1 saturated heterocycles. The number of carbonyl (C=O) groups excluding carboxylic acids is 1. The number of nitrogens with one attached hydrogen (secondary N) is 1. The van der Waals surface area contributed by atoms with Gasteiger partial charge in [-0.15, -0.1) is 0 Å². The van der Waals surface area contributed by atoms with Crippen LogP contribution in [-0.4, -0.2) is 42.7 Å². The van der Waals surface area contributed by atoms with Crippen molar-refractivity contribution in [1.82, 2.24) is 10.2 Å². The lowest BCUT2D eigenvalue weighted by Gasteiger charge is -2.22. The summed E-state index contributed by atoms with van der Waals surface area (Å²) in [5, 5.41) is 12.4. The molecule has 4 heteroatoms. The van der Waals surface area contributed by atoms with Crippen molar-refractivity contribution in [1.29, 1.82) is 0 Å². The summed E-state index contributed by atoms with van der Waals surface area (Å²) in [6.45, 7) is 0.744. The molecule has 1 aliphatic rings.